The van der Waals surface area contributed by atoms with Gasteiger partial charge in [-0.2, -0.15) is 0 Å². The van der Waals surface area contributed by atoms with E-state index in [1.165, 1.54) is 12.1 Å². The first-order chi connectivity index (χ1) is 10.1. The van der Waals surface area contributed by atoms with E-state index in [4.69, 9.17) is 5.73 Å². The van der Waals surface area contributed by atoms with E-state index in [0.717, 1.165) is 5.56 Å². The van der Waals surface area contributed by atoms with Gasteiger partial charge in [0, 0.05) is 11.1 Å². The Labute approximate surface area is 123 Å². The second-order valence-corrected chi connectivity index (χ2v) is 4.47. The van der Waals surface area contributed by atoms with Crippen LogP contribution in [0.1, 0.15) is 21.5 Å². The van der Waals surface area contributed by atoms with E-state index in [1.54, 1.807) is 18.2 Å². The van der Waals surface area contributed by atoms with Gasteiger partial charge in [-0.05, 0) is 36.8 Å². The predicted octanol–water partition coefficient (Wildman–Crippen LogP) is 2.70. The smallest absolute Gasteiger partial charge is 0.256 e. The van der Waals surface area contributed by atoms with Crippen molar-refractivity contribution in [3.8, 4) is 11.8 Å². The summed E-state index contributed by atoms with van der Waals surface area (Å²) in [6.07, 6.45) is 0. The minimum Gasteiger partial charge on any atom is -0.320 e. The second-order valence-electron chi connectivity index (χ2n) is 4.47. The second kappa shape index (κ2) is 6.69. The summed E-state index contributed by atoms with van der Waals surface area (Å²) in [5, 5.41) is 2.56. The molecule has 106 valence electrons. The van der Waals surface area contributed by atoms with E-state index in [9.17, 15) is 9.18 Å². The lowest BCUT2D eigenvalue weighted by Crippen LogP contribution is -2.14. The van der Waals surface area contributed by atoms with Gasteiger partial charge in [-0.1, -0.05) is 30.0 Å². The van der Waals surface area contributed by atoms with Crippen molar-refractivity contribution in [3.63, 3.8) is 0 Å². The third kappa shape index (κ3) is 3.68. The molecule has 0 atom stereocenters. The van der Waals surface area contributed by atoms with Gasteiger partial charge >= 0.3 is 0 Å². The lowest BCUT2D eigenvalue weighted by molar-refractivity contribution is 0.102. The summed E-state index contributed by atoms with van der Waals surface area (Å²) in [6, 6.07) is 11.5. The maximum atomic E-state index is 13.9. The Kier molecular flexibility index (Phi) is 4.70. The van der Waals surface area contributed by atoms with Crippen LogP contribution < -0.4 is 11.1 Å². The molecule has 3 nitrogen and oxygen atoms in total. The molecule has 0 saturated carbocycles. The fraction of sp³-hybridized carbons (Fsp3) is 0.118. The molecule has 0 radical (unpaired) electrons. The number of anilines is 1. The molecule has 1 amide bonds. The van der Waals surface area contributed by atoms with Crippen molar-refractivity contribution >= 4 is 11.6 Å². The molecule has 0 aliphatic carbocycles. The molecule has 4 heteroatoms. The average molecular weight is 282 g/mol. The summed E-state index contributed by atoms with van der Waals surface area (Å²) >= 11 is 0. The number of nitrogens with two attached hydrogens (primary N) is 1. The van der Waals surface area contributed by atoms with Gasteiger partial charge in [0.15, 0.2) is 0 Å². The molecule has 2 rings (SSSR count). The maximum absolute atomic E-state index is 13.9. The molecule has 2 aromatic rings. The largest absolute Gasteiger partial charge is 0.320 e. The summed E-state index contributed by atoms with van der Waals surface area (Å²) in [7, 11) is 0. The van der Waals surface area contributed by atoms with Crippen LogP contribution in [0.25, 0.3) is 0 Å². The first kappa shape index (κ1) is 14.8. The van der Waals surface area contributed by atoms with Crippen molar-refractivity contribution < 1.29 is 9.18 Å². The first-order valence-corrected chi connectivity index (χ1v) is 6.47. The fourth-order valence-corrected chi connectivity index (χ4v) is 1.86. The predicted molar refractivity (Wildman–Crippen MR) is 81.5 cm³/mol. The van der Waals surface area contributed by atoms with Crippen molar-refractivity contribution in [1.29, 1.82) is 0 Å². The third-order valence-corrected chi connectivity index (χ3v) is 2.94. The molecule has 2 aromatic carbocycles. The molecule has 3 N–H and O–H groups in total. The molecular weight excluding hydrogens is 267 g/mol. The Morgan fingerprint density at radius 1 is 1.29 bits per heavy atom. The minimum atomic E-state index is -0.527. The van der Waals surface area contributed by atoms with Crippen LogP contribution in [0.4, 0.5) is 10.1 Å². The first-order valence-electron chi connectivity index (χ1n) is 6.47. The van der Waals surface area contributed by atoms with Gasteiger partial charge in [0.2, 0.25) is 0 Å². The third-order valence-electron chi connectivity index (χ3n) is 2.94. The van der Waals surface area contributed by atoms with Crippen LogP contribution in [0, 0.1) is 24.6 Å². The van der Waals surface area contributed by atoms with E-state index < -0.39 is 5.82 Å². The Morgan fingerprint density at radius 3 is 2.71 bits per heavy atom. The molecule has 0 heterocycles. The number of amides is 1. The van der Waals surface area contributed by atoms with Gasteiger partial charge in [0.1, 0.15) is 5.82 Å². The number of halogens is 1. The Bertz CT molecular complexity index is 729. The number of nitrogens with one attached hydrogen (secondary N) is 1. The van der Waals surface area contributed by atoms with Crippen molar-refractivity contribution in [1.82, 2.24) is 0 Å². The lowest BCUT2D eigenvalue weighted by Gasteiger charge is -2.08. The number of benzene rings is 2. The van der Waals surface area contributed by atoms with Crippen LogP contribution in [0.15, 0.2) is 42.5 Å². The Morgan fingerprint density at radius 2 is 2.05 bits per heavy atom. The number of aryl methyl sites for hydroxylation is 1. The van der Waals surface area contributed by atoms with Gasteiger partial charge in [-0.15, -0.1) is 0 Å². The van der Waals surface area contributed by atoms with Gasteiger partial charge in [0.05, 0.1) is 12.2 Å². The van der Waals surface area contributed by atoms with Gasteiger partial charge in [-0.25, -0.2) is 4.39 Å². The summed E-state index contributed by atoms with van der Waals surface area (Å²) < 4.78 is 13.9. The number of carbonyl (C=O) groups is 1. The molecular formula is C17H15FN2O. The highest BCUT2D eigenvalue weighted by atomic mass is 19.1. The normalized spacial score (nSPS) is 9.67. The van der Waals surface area contributed by atoms with E-state index in [0.29, 0.717) is 11.1 Å². The molecule has 0 unspecified atom stereocenters. The zero-order valence-corrected chi connectivity index (χ0v) is 11.6. The molecule has 0 saturated heterocycles. The highest BCUT2D eigenvalue weighted by Crippen LogP contribution is 2.17. The van der Waals surface area contributed by atoms with E-state index >= 15 is 0 Å². The molecule has 0 aromatic heterocycles. The lowest BCUT2D eigenvalue weighted by atomic mass is 10.1. The van der Waals surface area contributed by atoms with Crippen LogP contribution in [0.5, 0.6) is 0 Å². The van der Waals surface area contributed by atoms with Crippen LogP contribution in [-0.4, -0.2) is 12.5 Å². The summed E-state index contributed by atoms with van der Waals surface area (Å²) in [6.45, 7) is 2.05. The van der Waals surface area contributed by atoms with E-state index in [-0.39, 0.29) is 18.1 Å². The van der Waals surface area contributed by atoms with Gasteiger partial charge in [-0.3, -0.25) is 4.79 Å². The zero-order valence-electron chi connectivity index (χ0n) is 11.6. The van der Waals surface area contributed by atoms with Crippen LogP contribution in [0.2, 0.25) is 0 Å². The Balaban J connectivity index is 2.20. The molecule has 0 bridgehead atoms. The van der Waals surface area contributed by atoms with Crippen molar-refractivity contribution in [2.45, 2.75) is 6.92 Å². The van der Waals surface area contributed by atoms with Crippen molar-refractivity contribution in [2.24, 2.45) is 5.73 Å². The Hall–Kier alpha value is -2.64. The van der Waals surface area contributed by atoms with E-state index in [2.05, 4.69) is 17.2 Å². The zero-order chi connectivity index (χ0) is 15.2. The van der Waals surface area contributed by atoms with Crippen molar-refractivity contribution in [2.75, 3.05) is 11.9 Å². The number of carbonyl (C=O) groups excluding carboxylic acids is 1. The van der Waals surface area contributed by atoms with Crippen LogP contribution >= 0.6 is 0 Å². The number of hydrogen-bond acceptors (Lipinski definition) is 2. The topological polar surface area (TPSA) is 55.1 Å². The monoisotopic (exact) mass is 282 g/mol. The van der Waals surface area contributed by atoms with Gasteiger partial charge in [0.25, 0.3) is 5.91 Å². The summed E-state index contributed by atoms with van der Waals surface area (Å²) in [4.78, 5) is 12.1. The average Bonchev–Trinajstić information content (AvgIpc) is 2.48. The summed E-state index contributed by atoms with van der Waals surface area (Å²) in [5.74, 6) is 4.52. The summed E-state index contributed by atoms with van der Waals surface area (Å²) in [5.41, 5.74) is 7.26. The maximum Gasteiger partial charge on any atom is 0.256 e. The SMILES string of the molecule is Cc1ccccc1C(=O)Nc1ccc(C#CCN)cc1F. The number of hydrogen-bond donors (Lipinski definition) is 2. The van der Waals surface area contributed by atoms with Crippen LogP contribution in [-0.2, 0) is 0 Å². The quantitative estimate of drug-likeness (QED) is 0.832. The molecule has 21 heavy (non-hydrogen) atoms. The molecule has 0 fully saturated rings. The van der Waals surface area contributed by atoms with E-state index in [1.807, 2.05) is 19.1 Å². The molecule has 0 spiro atoms. The van der Waals surface area contributed by atoms with Crippen LogP contribution in [0.3, 0.4) is 0 Å². The highest BCUT2D eigenvalue weighted by molar-refractivity contribution is 6.05. The molecule has 0 aliphatic rings. The minimum absolute atomic E-state index is 0.126. The standard InChI is InChI=1S/C17H15FN2O/c1-12-5-2-3-7-14(12)17(21)20-16-9-8-13(6-4-10-19)11-15(16)18/h2-3,5,7-9,11H,10,19H2,1H3,(H,20,21). The fourth-order valence-electron chi connectivity index (χ4n) is 1.86. The van der Waals surface area contributed by atoms with Gasteiger partial charge < -0.3 is 11.1 Å². The molecule has 0 aliphatic heterocycles. The number of rotatable bonds is 2. The van der Waals surface area contributed by atoms with Crippen molar-refractivity contribution in [3.05, 3.63) is 65.0 Å². The highest BCUT2D eigenvalue weighted by Gasteiger charge is 2.11.